The molecule has 0 fully saturated rings. The van der Waals surface area contributed by atoms with E-state index in [1.54, 1.807) is 18.2 Å². The first-order chi connectivity index (χ1) is 11.3. The van der Waals surface area contributed by atoms with Crippen molar-refractivity contribution in [3.8, 4) is 11.5 Å². The minimum absolute atomic E-state index is 0.127. The summed E-state index contributed by atoms with van der Waals surface area (Å²) < 4.78 is 35.2. The number of hydrogen-bond donors (Lipinski definition) is 2. The van der Waals surface area contributed by atoms with Crippen LogP contribution in [0.1, 0.15) is 10.4 Å². The number of hydrogen-bond acceptors (Lipinski definition) is 5. The molecular formula is C15H13ClN2O5S. The molecule has 0 atom stereocenters. The lowest BCUT2D eigenvalue weighted by atomic mass is 10.2. The average Bonchev–Trinajstić information content (AvgIpc) is 2.93. The molecule has 2 aromatic rings. The molecule has 0 aliphatic carbocycles. The van der Waals surface area contributed by atoms with Crippen LogP contribution in [0.3, 0.4) is 0 Å². The summed E-state index contributed by atoms with van der Waals surface area (Å²) in [6.07, 6.45) is 1.03. The van der Waals surface area contributed by atoms with Crippen LogP contribution in [0.4, 0.5) is 11.4 Å². The molecule has 126 valence electrons. The highest BCUT2D eigenvalue weighted by molar-refractivity contribution is 7.92. The fourth-order valence-electron chi connectivity index (χ4n) is 2.15. The summed E-state index contributed by atoms with van der Waals surface area (Å²) in [6.45, 7) is 0.146. The molecule has 1 aliphatic heterocycles. The first kappa shape index (κ1) is 16.4. The maximum absolute atomic E-state index is 12.3. The van der Waals surface area contributed by atoms with Gasteiger partial charge in [0.15, 0.2) is 11.5 Å². The Morgan fingerprint density at radius 3 is 2.50 bits per heavy atom. The van der Waals surface area contributed by atoms with Gasteiger partial charge in [-0.25, -0.2) is 8.42 Å². The Labute approximate surface area is 143 Å². The number of fused-ring (bicyclic) bond motifs is 1. The molecule has 2 N–H and O–H groups in total. The maximum Gasteiger partial charge on any atom is 0.257 e. The number of benzene rings is 2. The van der Waals surface area contributed by atoms with E-state index >= 15 is 0 Å². The lowest BCUT2D eigenvalue weighted by Crippen LogP contribution is -2.13. The second-order valence-corrected chi connectivity index (χ2v) is 7.25. The summed E-state index contributed by atoms with van der Waals surface area (Å²) in [5.74, 6) is 0.735. The second kappa shape index (κ2) is 6.21. The van der Waals surface area contributed by atoms with E-state index in [0.29, 0.717) is 17.2 Å². The van der Waals surface area contributed by atoms with Crippen molar-refractivity contribution in [2.75, 3.05) is 23.1 Å². The van der Waals surface area contributed by atoms with Crippen LogP contribution in [0.2, 0.25) is 5.02 Å². The highest BCUT2D eigenvalue weighted by Crippen LogP contribution is 2.34. The Morgan fingerprint density at radius 2 is 1.79 bits per heavy atom. The minimum atomic E-state index is -3.42. The number of ether oxygens (including phenoxy) is 2. The van der Waals surface area contributed by atoms with Crippen LogP contribution in [-0.4, -0.2) is 27.4 Å². The largest absolute Gasteiger partial charge is 0.454 e. The Bertz CT molecular complexity index is 914. The van der Waals surface area contributed by atoms with Crippen molar-refractivity contribution in [1.29, 1.82) is 0 Å². The van der Waals surface area contributed by atoms with E-state index in [-0.39, 0.29) is 23.1 Å². The number of anilines is 2. The molecule has 0 bridgehead atoms. The van der Waals surface area contributed by atoms with Crippen molar-refractivity contribution < 1.29 is 22.7 Å². The summed E-state index contributed by atoms with van der Waals surface area (Å²) in [7, 11) is -3.42. The summed E-state index contributed by atoms with van der Waals surface area (Å²) in [6, 6.07) is 9.29. The molecule has 3 rings (SSSR count). The highest BCUT2D eigenvalue weighted by atomic mass is 35.5. The molecule has 9 heteroatoms. The highest BCUT2D eigenvalue weighted by Gasteiger charge is 2.16. The molecule has 0 spiro atoms. The Morgan fingerprint density at radius 1 is 1.08 bits per heavy atom. The van der Waals surface area contributed by atoms with Gasteiger partial charge in [0.1, 0.15) is 0 Å². The van der Waals surface area contributed by atoms with Gasteiger partial charge in [-0.2, -0.15) is 0 Å². The van der Waals surface area contributed by atoms with Crippen LogP contribution < -0.4 is 19.5 Å². The smallest absolute Gasteiger partial charge is 0.257 e. The van der Waals surface area contributed by atoms with Gasteiger partial charge >= 0.3 is 0 Å². The molecule has 2 aromatic carbocycles. The van der Waals surface area contributed by atoms with E-state index in [4.69, 9.17) is 21.1 Å². The Balaban J connectivity index is 1.77. The van der Waals surface area contributed by atoms with E-state index in [1.165, 1.54) is 18.2 Å². The van der Waals surface area contributed by atoms with Gasteiger partial charge in [0.2, 0.25) is 16.8 Å². The predicted octanol–water partition coefficient (Wildman–Crippen LogP) is 2.69. The van der Waals surface area contributed by atoms with Crippen molar-refractivity contribution in [1.82, 2.24) is 0 Å². The summed E-state index contributed by atoms with van der Waals surface area (Å²) in [5, 5.41) is 2.83. The van der Waals surface area contributed by atoms with Crippen LogP contribution in [-0.2, 0) is 10.0 Å². The first-order valence-corrected chi connectivity index (χ1v) is 9.07. The SMILES string of the molecule is CS(=O)(=O)Nc1ccc(C(=O)Nc2ccc3c(c2)OCO3)c(Cl)c1. The molecule has 7 nitrogen and oxygen atoms in total. The quantitative estimate of drug-likeness (QED) is 0.865. The first-order valence-electron chi connectivity index (χ1n) is 6.80. The van der Waals surface area contributed by atoms with Crippen molar-refractivity contribution in [3.05, 3.63) is 47.0 Å². The number of rotatable bonds is 4. The third-order valence-electron chi connectivity index (χ3n) is 3.15. The van der Waals surface area contributed by atoms with Gasteiger partial charge in [0.25, 0.3) is 5.91 Å². The fraction of sp³-hybridized carbons (Fsp3) is 0.133. The molecule has 1 amide bonds. The van der Waals surface area contributed by atoms with Crippen LogP contribution in [0, 0.1) is 0 Å². The fourth-order valence-corrected chi connectivity index (χ4v) is 2.97. The lowest BCUT2D eigenvalue weighted by molar-refractivity contribution is 0.102. The number of halogens is 1. The number of carbonyl (C=O) groups excluding carboxylic acids is 1. The van der Waals surface area contributed by atoms with Gasteiger partial charge in [0.05, 0.1) is 16.8 Å². The maximum atomic E-state index is 12.3. The molecule has 0 unspecified atom stereocenters. The molecule has 1 heterocycles. The van der Waals surface area contributed by atoms with Gasteiger partial charge < -0.3 is 14.8 Å². The second-order valence-electron chi connectivity index (χ2n) is 5.09. The zero-order valence-corrected chi connectivity index (χ0v) is 14.1. The van der Waals surface area contributed by atoms with Crippen molar-refractivity contribution >= 4 is 38.9 Å². The summed E-state index contributed by atoms with van der Waals surface area (Å²) >= 11 is 6.07. The van der Waals surface area contributed by atoms with Crippen molar-refractivity contribution in [2.24, 2.45) is 0 Å². The van der Waals surface area contributed by atoms with Crippen LogP contribution in [0.25, 0.3) is 0 Å². The molecule has 0 aromatic heterocycles. The van der Waals surface area contributed by atoms with Gasteiger partial charge in [-0.1, -0.05) is 11.6 Å². The molecule has 0 saturated heterocycles. The van der Waals surface area contributed by atoms with Crippen LogP contribution in [0.5, 0.6) is 11.5 Å². The van der Waals surface area contributed by atoms with Gasteiger partial charge in [0, 0.05) is 17.4 Å². The van der Waals surface area contributed by atoms with Crippen LogP contribution >= 0.6 is 11.6 Å². The normalized spacial score (nSPS) is 12.8. The van der Waals surface area contributed by atoms with E-state index in [1.807, 2.05) is 0 Å². The number of carbonyl (C=O) groups is 1. The van der Waals surface area contributed by atoms with E-state index in [9.17, 15) is 13.2 Å². The summed E-state index contributed by atoms with van der Waals surface area (Å²) in [4.78, 5) is 12.3. The van der Waals surface area contributed by atoms with Crippen molar-refractivity contribution in [2.45, 2.75) is 0 Å². The van der Waals surface area contributed by atoms with Gasteiger partial charge in [-0.3, -0.25) is 9.52 Å². The Kier molecular flexibility index (Phi) is 4.25. The van der Waals surface area contributed by atoms with E-state index in [0.717, 1.165) is 6.26 Å². The van der Waals surface area contributed by atoms with Gasteiger partial charge in [-0.05, 0) is 30.3 Å². The van der Waals surface area contributed by atoms with Crippen LogP contribution in [0.15, 0.2) is 36.4 Å². The zero-order chi connectivity index (χ0) is 17.3. The number of amides is 1. The number of nitrogens with one attached hydrogen (secondary N) is 2. The molecule has 1 aliphatic rings. The zero-order valence-electron chi connectivity index (χ0n) is 12.5. The molecule has 0 saturated carbocycles. The standard InChI is InChI=1S/C15H13ClN2O5S/c1-24(20,21)18-10-2-4-11(12(16)6-10)15(19)17-9-3-5-13-14(7-9)23-8-22-13/h2-7,18H,8H2,1H3,(H,17,19). The molecular weight excluding hydrogens is 356 g/mol. The molecule has 0 radical (unpaired) electrons. The van der Waals surface area contributed by atoms with E-state index < -0.39 is 15.9 Å². The third kappa shape index (κ3) is 3.72. The van der Waals surface area contributed by atoms with Gasteiger partial charge in [-0.15, -0.1) is 0 Å². The third-order valence-corrected chi connectivity index (χ3v) is 4.07. The average molecular weight is 369 g/mol. The number of sulfonamides is 1. The summed E-state index contributed by atoms with van der Waals surface area (Å²) in [5.41, 5.74) is 1.02. The molecule has 24 heavy (non-hydrogen) atoms. The Hall–Kier alpha value is -2.45. The topological polar surface area (TPSA) is 93.7 Å². The predicted molar refractivity (Wildman–Crippen MR) is 90.4 cm³/mol. The van der Waals surface area contributed by atoms with Crippen molar-refractivity contribution in [3.63, 3.8) is 0 Å². The van der Waals surface area contributed by atoms with E-state index in [2.05, 4.69) is 10.0 Å². The minimum Gasteiger partial charge on any atom is -0.454 e. The lowest BCUT2D eigenvalue weighted by Gasteiger charge is -2.09. The monoisotopic (exact) mass is 368 g/mol.